The van der Waals surface area contributed by atoms with E-state index in [-0.39, 0.29) is 17.7 Å². The molecule has 94 valence electrons. The van der Waals surface area contributed by atoms with Crippen molar-refractivity contribution in [2.75, 3.05) is 0 Å². The zero-order valence-electron chi connectivity index (χ0n) is 9.73. The van der Waals surface area contributed by atoms with E-state index in [1.54, 1.807) is 12.1 Å². The zero-order valence-corrected chi connectivity index (χ0v) is 9.73. The summed E-state index contributed by atoms with van der Waals surface area (Å²) in [5, 5.41) is 0. The first kappa shape index (κ1) is 12.4. The standard InChI is InChI=1S/C13H12F2N2O/c1-8(16)9-5-6-17-12(7-9)18-11-4-2-3-10(14)13(11)15/h2-8H,16H2,1H3/t8-/m1/s1. The minimum atomic E-state index is -1.04. The number of hydrogen-bond donors (Lipinski definition) is 1. The Morgan fingerprint density at radius 3 is 2.78 bits per heavy atom. The summed E-state index contributed by atoms with van der Waals surface area (Å²) in [6.07, 6.45) is 1.51. The van der Waals surface area contributed by atoms with Gasteiger partial charge >= 0.3 is 0 Å². The second kappa shape index (κ2) is 5.10. The lowest BCUT2D eigenvalue weighted by Gasteiger charge is -2.09. The molecule has 0 aliphatic rings. The van der Waals surface area contributed by atoms with Crippen molar-refractivity contribution in [1.29, 1.82) is 0 Å². The molecule has 0 saturated heterocycles. The molecule has 0 aliphatic heterocycles. The van der Waals surface area contributed by atoms with Crippen LogP contribution in [0.2, 0.25) is 0 Å². The van der Waals surface area contributed by atoms with Gasteiger partial charge in [-0.25, -0.2) is 9.37 Å². The van der Waals surface area contributed by atoms with Crippen LogP contribution >= 0.6 is 0 Å². The summed E-state index contributed by atoms with van der Waals surface area (Å²) in [6, 6.07) is 6.86. The Morgan fingerprint density at radius 1 is 1.28 bits per heavy atom. The molecule has 18 heavy (non-hydrogen) atoms. The molecule has 2 aromatic rings. The average molecular weight is 250 g/mol. The number of halogens is 2. The first-order valence-electron chi connectivity index (χ1n) is 5.41. The molecule has 1 aromatic heterocycles. The molecule has 0 unspecified atom stereocenters. The third-order valence-electron chi connectivity index (χ3n) is 2.42. The molecule has 2 rings (SSSR count). The van der Waals surface area contributed by atoms with Gasteiger partial charge < -0.3 is 10.5 Å². The van der Waals surface area contributed by atoms with Crippen LogP contribution in [0.5, 0.6) is 11.6 Å². The van der Waals surface area contributed by atoms with E-state index in [0.29, 0.717) is 0 Å². The Hall–Kier alpha value is -2.01. The maximum Gasteiger partial charge on any atom is 0.219 e. The number of rotatable bonds is 3. The Morgan fingerprint density at radius 2 is 2.06 bits per heavy atom. The fraction of sp³-hybridized carbons (Fsp3) is 0.154. The maximum atomic E-state index is 13.4. The number of nitrogens with zero attached hydrogens (tertiary/aromatic N) is 1. The maximum absolute atomic E-state index is 13.4. The fourth-order valence-corrected chi connectivity index (χ4v) is 1.44. The topological polar surface area (TPSA) is 48.1 Å². The highest BCUT2D eigenvalue weighted by Gasteiger charge is 2.11. The van der Waals surface area contributed by atoms with Crippen molar-refractivity contribution in [3.63, 3.8) is 0 Å². The van der Waals surface area contributed by atoms with Crippen LogP contribution in [-0.4, -0.2) is 4.98 Å². The number of benzene rings is 1. The predicted molar refractivity (Wildman–Crippen MR) is 63.3 cm³/mol. The second-order valence-electron chi connectivity index (χ2n) is 3.87. The highest BCUT2D eigenvalue weighted by atomic mass is 19.2. The molecule has 5 heteroatoms. The predicted octanol–water partition coefficient (Wildman–Crippen LogP) is 3.17. The van der Waals surface area contributed by atoms with E-state index in [1.165, 1.54) is 18.3 Å². The molecule has 0 spiro atoms. The molecule has 1 heterocycles. The highest BCUT2D eigenvalue weighted by Crippen LogP contribution is 2.25. The second-order valence-corrected chi connectivity index (χ2v) is 3.87. The lowest BCUT2D eigenvalue weighted by molar-refractivity contribution is 0.405. The SMILES string of the molecule is C[C@@H](N)c1ccnc(Oc2cccc(F)c2F)c1. The molecule has 0 saturated carbocycles. The summed E-state index contributed by atoms with van der Waals surface area (Å²) < 4.78 is 31.6. The van der Waals surface area contributed by atoms with E-state index in [0.717, 1.165) is 11.6 Å². The molecule has 0 amide bonds. The molecule has 1 atom stereocenters. The minimum absolute atomic E-state index is 0.175. The van der Waals surface area contributed by atoms with Crippen LogP contribution in [0.1, 0.15) is 18.5 Å². The largest absolute Gasteiger partial charge is 0.436 e. The lowest BCUT2D eigenvalue weighted by atomic mass is 10.1. The third-order valence-corrected chi connectivity index (χ3v) is 2.42. The quantitative estimate of drug-likeness (QED) is 0.910. The van der Waals surface area contributed by atoms with Crippen molar-refractivity contribution in [3.8, 4) is 11.6 Å². The highest BCUT2D eigenvalue weighted by molar-refractivity contribution is 5.31. The minimum Gasteiger partial charge on any atom is -0.436 e. The van der Waals surface area contributed by atoms with Crippen LogP contribution in [0.3, 0.4) is 0 Å². The molecular weight excluding hydrogens is 238 g/mol. The molecule has 0 radical (unpaired) electrons. The normalized spacial score (nSPS) is 12.2. The van der Waals surface area contributed by atoms with Gasteiger partial charge in [-0.1, -0.05) is 6.07 Å². The Bertz CT molecular complexity index is 558. The van der Waals surface area contributed by atoms with Crippen molar-refractivity contribution < 1.29 is 13.5 Å². The van der Waals surface area contributed by atoms with Gasteiger partial charge in [-0.05, 0) is 30.7 Å². The third kappa shape index (κ3) is 2.62. The van der Waals surface area contributed by atoms with Crippen LogP contribution in [0.25, 0.3) is 0 Å². The van der Waals surface area contributed by atoms with Gasteiger partial charge in [0.25, 0.3) is 0 Å². The molecule has 0 aliphatic carbocycles. The van der Waals surface area contributed by atoms with Crippen molar-refractivity contribution in [2.24, 2.45) is 5.73 Å². The van der Waals surface area contributed by atoms with Gasteiger partial charge in [0.1, 0.15) is 0 Å². The summed E-state index contributed by atoms with van der Waals surface area (Å²) in [5.41, 5.74) is 6.52. The summed E-state index contributed by atoms with van der Waals surface area (Å²) >= 11 is 0. The van der Waals surface area contributed by atoms with Crippen LogP contribution in [0, 0.1) is 11.6 Å². The van der Waals surface area contributed by atoms with Crippen LogP contribution < -0.4 is 10.5 Å². The van der Waals surface area contributed by atoms with Crippen molar-refractivity contribution in [2.45, 2.75) is 13.0 Å². The lowest BCUT2D eigenvalue weighted by Crippen LogP contribution is -2.05. The molecule has 2 N–H and O–H groups in total. The summed E-state index contributed by atoms with van der Waals surface area (Å²) in [7, 11) is 0. The van der Waals surface area contributed by atoms with Gasteiger partial charge in [0, 0.05) is 18.3 Å². The Balaban J connectivity index is 2.28. The summed E-state index contributed by atoms with van der Waals surface area (Å²) in [6.45, 7) is 1.81. The van der Waals surface area contributed by atoms with E-state index in [2.05, 4.69) is 4.98 Å². The van der Waals surface area contributed by atoms with Gasteiger partial charge in [-0.3, -0.25) is 0 Å². The molecule has 0 fully saturated rings. The summed E-state index contributed by atoms with van der Waals surface area (Å²) in [4.78, 5) is 3.92. The van der Waals surface area contributed by atoms with Gasteiger partial charge in [-0.2, -0.15) is 4.39 Å². The van der Waals surface area contributed by atoms with Crippen LogP contribution in [0.4, 0.5) is 8.78 Å². The number of ether oxygens (including phenoxy) is 1. The monoisotopic (exact) mass is 250 g/mol. The van der Waals surface area contributed by atoms with Crippen LogP contribution in [-0.2, 0) is 0 Å². The van der Waals surface area contributed by atoms with Gasteiger partial charge in [0.05, 0.1) is 0 Å². The van der Waals surface area contributed by atoms with E-state index in [4.69, 9.17) is 10.5 Å². The van der Waals surface area contributed by atoms with Crippen molar-refractivity contribution in [3.05, 3.63) is 53.7 Å². The molecule has 0 bridgehead atoms. The molecule has 3 nitrogen and oxygen atoms in total. The van der Waals surface area contributed by atoms with E-state index in [1.807, 2.05) is 6.92 Å². The first-order chi connectivity index (χ1) is 8.58. The van der Waals surface area contributed by atoms with Crippen molar-refractivity contribution >= 4 is 0 Å². The Kier molecular flexibility index (Phi) is 3.53. The van der Waals surface area contributed by atoms with E-state index >= 15 is 0 Å². The number of nitrogens with two attached hydrogens (primary N) is 1. The van der Waals surface area contributed by atoms with Crippen molar-refractivity contribution in [1.82, 2.24) is 4.98 Å². The molecular formula is C13H12F2N2O. The van der Waals surface area contributed by atoms with E-state index < -0.39 is 11.6 Å². The fourth-order valence-electron chi connectivity index (χ4n) is 1.44. The number of aromatic nitrogens is 1. The summed E-state index contributed by atoms with van der Waals surface area (Å²) in [5.74, 6) is -2.03. The van der Waals surface area contributed by atoms with Gasteiger partial charge in [0.15, 0.2) is 11.6 Å². The molecule has 1 aromatic carbocycles. The average Bonchev–Trinajstić information content (AvgIpc) is 2.35. The van der Waals surface area contributed by atoms with E-state index in [9.17, 15) is 8.78 Å². The van der Waals surface area contributed by atoms with Gasteiger partial charge in [-0.15, -0.1) is 0 Å². The Labute approximate surface area is 103 Å². The number of hydrogen-bond acceptors (Lipinski definition) is 3. The van der Waals surface area contributed by atoms with Crippen LogP contribution in [0.15, 0.2) is 36.5 Å². The van der Waals surface area contributed by atoms with Gasteiger partial charge in [0.2, 0.25) is 11.7 Å². The smallest absolute Gasteiger partial charge is 0.219 e. The zero-order chi connectivity index (χ0) is 13.1. The number of pyridine rings is 1. The first-order valence-corrected chi connectivity index (χ1v) is 5.41.